The van der Waals surface area contributed by atoms with Crippen molar-refractivity contribution in [2.75, 3.05) is 0 Å². The van der Waals surface area contributed by atoms with Crippen molar-refractivity contribution in [3.63, 3.8) is 0 Å². The van der Waals surface area contributed by atoms with Crippen LogP contribution in [0, 0.1) is 6.92 Å². The number of aromatic nitrogens is 3. The minimum atomic E-state index is -0.307. The lowest BCUT2D eigenvalue weighted by Crippen LogP contribution is -2.17. The SMILES string of the molecule is C=CCn1c(=NC(=O)c2c(C)cnn2C)sc2cc(Cl)ccc21. The Bertz CT molecular complexity index is 960. The van der Waals surface area contributed by atoms with Gasteiger partial charge in [-0.25, -0.2) is 0 Å². The molecule has 3 rings (SSSR count). The van der Waals surface area contributed by atoms with Gasteiger partial charge in [0.05, 0.1) is 16.4 Å². The molecule has 0 aliphatic carbocycles. The van der Waals surface area contributed by atoms with Crippen LogP contribution in [0.1, 0.15) is 16.1 Å². The molecule has 0 fully saturated rings. The minimum Gasteiger partial charge on any atom is -0.312 e. The van der Waals surface area contributed by atoms with E-state index in [-0.39, 0.29) is 5.91 Å². The van der Waals surface area contributed by atoms with Crippen molar-refractivity contribution >= 4 is 39.1 Å². The number of carbonyl (C=O) groups excluding carboxylic acids is 1. The lowest BCUT2D eigenvalue weighted by atomic mass is 10.3. The molecule has 118 valence electrons. The quantitative estimate of drug-likeness (QED) is 0.683. The Labute approximate surface area is 142 Å². The Balaban J connectivity index is 2.20. The second kappa shape index (κ2) is 6.14. The van der Waals surface area contributed by atoms with Crippen LogP contribution in [-0.4, -0.2) is 20.3 Å². The molecule has 0 atom stereocenters. The van der Waals surface area contributed by atoms with E-state index in [2.05, 4.69) is 16.7 Å². The molecule has 2 aromatic heterocycles. The van der Waals surface area contributed by atoms with E-state index in [9.17, 15) is 4.79 Å². The molecule has 0 unspecified atom stereocenters. The molecule has 0 N–H and O–H groups in total. The molecule has 3 aromatic rings. The molecule has 1 amide bonds. The fourth-order valence-corrected chi connectivity index (χ4v) is 3.75. The summed E-state index contributed by atoms with van der Waals surface area (Å²) in [4.78, 5) is 17.4. The van der Waals surface area contributed by atoms with E-state index in [0.717, 1.165) is 15.8 Å². The second-order valence-electron chi connectivity index (χ2n) is 5.11. The molecule has 0 saturated heterocycles. The van der Waals surface area contributed by atoms with Crippen molar-refractivity contribution < 1.29 is 4.79 Å². The highest BCUT2D eigenvalue weighted by atomic mass is 35.5. The molecule has 7 heteroatoms. The highest BCUT2D eigenvalue weighted by Crippen LogP contribution is 2.22. The van der Waals surface area contributed by atoms with Gasteiger partial charge >= 0.3 is 0 Å². The number of hydrogen-bond acceptors (Lipinski definition) is 3. The van der Waals surface area contributed by atoms with Gasteiger partial charge in [0.1, 0.15) is 5.69 Å². The average Bonchev–Trinajstić information content (AvgIpc) is 3.00. The zero-order valence-electron chi connectivity index (χ0n) is 12.8. The van der Waals surface area contributed by atoms with Crippen LogP contribution in [0.25, 0.3) is 10.2 Å². The monoisotopic (exact) mass is 346 g/mol. The fourth-order valence-electron chi connectivity index (χ4n) is 2.43. The number of amides is 1. The highest BCUT2D eigenvalue weighted by Gasteiger charge is 2.14. The second-order valence-corrected chi connectivity index (χ2v) is 6.56. The lowest BCUT2D eigenvalue weighted by Gasteiger charge is -2.01. The first-order valence-corrected chi connectivity index (χ1v) is 8.18. The molecule has 0 radical (unpaired) electrons. The number of allylic oxidation sites excluding steroid dienone is 1. The summed E-state index contributed by atoms with van der Waals surface area (Å²) in [6.45, 7) is 6.19. The van der Waals surface area contributed by atoms with Crippen molar-refractivity contribution in [1.82, 2.24) is 14.3 Å². The molecule has 1 aromatic carbocycles. The number of hydrogen-bond donors (Lipinski definition) is 0. The number of fused-ring (bicyclic) bond motifs is 1. The summed E-state index contributed by atoms with van der Waals surface area (Å²) in [5.74, 6) is -0.307. The van der Waals surface area contributed by atoms with E-state index in [1.165, 1.54) is 11.3 Å². The van der Waals surface area contributed by atoms with Gasteiger partial charge in [-0.15, -0.1) is 6.58 Å². The molecule has 0 bridgehead atoms. The third kappa shape index (κ3) is 2.87. The third-order valence-corrected chi connectivity index (χ3v) is 4.75. The molecule has 0 aliphatic heterocycles. The van der Waals surface area contributed by atoms with E-state index in [1.54, 1.807) is 24.0 Å². The number of nitrogens with zero attached hydrogens (tertiary/aromatic N) is 4. The van der Waals surface area contributed by atoms with Crippen LogP contribution in [0.5, 0.6) is 0 Å². The number of carbonyl (C=O) groups is 1. The number of halogens is 1. The minimum absolute atomic E-state index is 0.307. The van der Waals surface area contributed by atoms with Gasteiger partial charge in [-0.05, 0) is 25.1 Å². The van der Waals surface area contributed by atoms with Crippen LogP contribution in [-0.2, 0) is 13.6 Å². The molecule has 5 nitrogen and oxygen atoms in total. The van der Waals surface area contributed by atoms with Crippen molar-refractivity contribution in [3.8, 4) is 0 Å². The van der Waals surface area contributed by atoms with E-state index in [4.69, 9.17) is 11.6 Å². The van der Waals surface area contributed by atoms with Gasteiger partial charge in [-0.2, -0.15) is 10.1 Å². The van der Waals surface area contributed by atoms with Gasteiger partial charge in [0.25, 0.3) is 5.91 Å². The molecule has 2 heterocycles. The number of aryl methyl sites for hydroxylation is 2. The Kier molecular flexibility index (Phi) is 4.19. The first kappa shape index (κ1) is 15.7. The van der Waals surface area contributed by atoms with Crippen LogP contribution in [0.3, 0.4) is 0 Å². The molecule has 0 aliphatic rings. The van der Waals surface area contributed by atoms with E-state index < -0.39 is 0 Å². The smallest absolute Gasteiger partial charge is 0.298 e. The molecule has 23 heavy (non-hydrogen) atoms. The first-order valence-electron chi connectivity index (χ1n) is 6.98. The molecular formula is C16H15ClN4OS. The van der Waals surface area contributed by atoms with Crippen LogP contribution in [0.15, 0.2) is 42.0 Å². The summed E-state index contributed by atoms with van der Waals surface area (Å²) in [7, 11) is 1.73. The predicted molar refractivity (Wildman–Crippen MR) is 92.9 cm³/mol. The Morgan fingerprint density at radius 2 is 2.30 bits per heavy atom. The summed E-state index contributed by atoms with van der Waals surface area (Å²) in [5, 5.41) is 4.75. The Hall–Kier alpha value is -2.18. The lowest BCUT2D eigenvalue weighted by molar-refractivity contribution is 0.0988. The normalized spacial score (nSPS) is 12.0. The summed E-state index contributed by atoms with van der Waals surface area (Å²) in [6.07, 6.45) is 3.44. The zero-order valence-corrected chi connectivity index (χ0v) is 14.4. The maximum atomic E-state index is 12.5. The van der Waals surface area contributed by atoms with Gasteiger partial charge in [0.2, 0.25) is 0 Å². The highest BCUT2D eigenvalue weighted by molar-refractivity contribution is 7.16. The van der Waals surface area contributed by atoms with Crippen molar-refractivity contribution in [1.29, 1.82) is 0 Å². The standard InChI is InChI=1S/C16H15ClN4OS/c1-4-7-21-12-6-5-11(17)8-13(12)23-16(21)19-15(22)14-10(2)9-18-20(14)3/h4-6,8-9H,1,7H2,2-3H3. The molecular weight excluding hydrogens is 332 g/mol. The van der Waals surface area contributed by atoms with Gasteiger partial charge < -0.3 is 4.57 Å². The maximum Gasteiger partial charge on any atom is 0.298 e. The summed E-state index contributed by atoms with van der Waals surface area (Å²) < 4.78 is 4.48. The van der Waals surface area contributed by atoms with Crippen molar-refractivity contribution in [3.05, 3.63) is 58.1 Å². The van der Waals surface area contributed by atoms with Gasteiger partial charge in [-0.3, -0.25) is 9.48 Å². The topological polar surface area (TPSA) is 52.2 Å². The third-order valence-electron chi connectivity index (χ3n) is 3.48. The average molecular weight is 347 g/mol. The Morgan fingerprint density at radius 1 is 1.52 bits per heavy atom. The fraction of sp³-hybridized carbons (Fsp3) is 0.188. The number of rotatable bonds is 3. The Morgan fingerprint density at radius 3 is 2.96 bits per heavy atom. The van der Waals surface area contributed by atoms with Gasteiger partial charge in [0, 0.05) is 24.2 Å². The van der Waals surface area contributed by atoms with E-state index in [1.807, 2.05) is 29.7 Å². The van der Waals surface area contributed by atoms with Gasteiger partial charge in [0.15, 0.2) is 4.80 Å². The molecule has 0 spiro atoms. The van der Waals surface area contributed by atoms with E-state index >= 15 is 0 Å². The van der Waals surface area contributed by atoms with Crippen LogP contribution < -0.4 is 4.80 Å². The van der Waals surface area contributed by atoms with Crippen LogP contribution in [0.4, 0.5) is 0 Å². The van der Waals surface area contributed by atoms with Crippen LogP contribution in [0.2, 0.25) is 5.02 Å². The number of thiazole rings is 1. The number of benzene rings is 1. The molecule has 0 saturated carbocycles. The van der Waals surface area contributed by atoms with Crippen molar-refractivity contribution in [2.24, 2.45) is 12.0 Å². The largest absolute Gasteiger partial charge is 0.312 e. The summed E-state index contributed by atoms with van der Waals surface area (Å²) >= 11 is 7.48. The maximum absolute atomic E-state index is 12.5. The first-order chi connectivity index (χ1) is 11.0. The van der Waals surface area contributed by atoms with Gasteiger partial charge in [-0.1, -0.05) is 29.0 Å². The van der Waals surface area contributed by atoms with Crippen molar-refractivity contribution in [2.45, 2.75) is 13.5 Å². The summed E-state index contributed by atoms with van der Waals surface area (Å²) in [6, 6.07) is 5.63. The van der Waals surface area contributed by atoms with Crippen LogP contribution >= 0.6 is 22.9 Å². The van der Waals surface area contributed by atoms with E-state index in [0.29, 0.717) is 22.1 Å². The summed E-state index contributed by atoms with van der Waals surface area (Å²) in [5.41, 5.74) is 2.28. The predicted octanol–water partition coefficient (Wildman–Crippen LogP) is 3.33. The zero-order chi connectivity index (χ0) is 16.6.